The second-order valence-electron chi connectivity index (χ2n) is 6.46. The summed E-state index contributed by atoms with van der Waals surface area (Å²) >= 11 is 1.55. The highest BCUT2D eigenvalue weighted by atomic mass is 32.2. The molecular weight excluding hydrogens is 386 g/mol. The van der Waals surface area contributed by atoms with Gasteiger partial charge in [0.1, 0.15) is 0 Å². The number of amides is 1. The Morgan fingerprint density at radius 3 is 2.26 bits per heavy atom. The van der Waals surface area contributed by atoms with Crippen LogP contribution in [-0.2, 0) is 10.0 Å². The Kier molecular flexibility index (Phi) is 4.53. The zero-order valence-corrected chi connectivity index (χ0v) is 16.3. The summed E-state index contributed by atoms with van der Waals surface area (Å²) in [5, 5.41) is 9.91. The van der Waals surface area contributed by atoms with Crippen molar-refractivity contribution in [1.29, 1.82) is 0 Å². The summed E-state index contributed by atoms with van der Waals surface area (Å²) in [4.78, 5) is 17.3. The fourth-order valence-corrected chi connectivity index (χ4v) is 5.41. The molecule has 0 radical (unpaired) electrons. The average molecular weight is 406 g/mol. The summed E-state index contributed by atoms with van der Waals surface area (Å²) in [7, 11) is -3.22. The Labute approximate surface area is 162 Å². The molecule has 0 spiro atoms. The highest BCUT2D eigenvalue weighted by molar-refractivity contribution is 7.99. The SMILES string of the molecule is CS(=O)(=O)N1CCN(c2cccc3c2N(C(=O)O)c2ccccc2S3)CC1. The third kappa shape index (κ3) is 3.26. The van der Waals surface area contributed by atoms with Gasteiger partial charge in [0.2, 0.25) is 10.0 Å². The molecule has 2 aliphatic rings. The van der Waals surface area contributed by atoms with E-state index in [2.05, 4.69) is 4.90 Å². The van der Waals surface area contributed by atoms with Gasteiger partial charge in [-0.2, -0.15) is 4.31 Å². The Balaban J connectivity index is 1.73. The number of hydrogen-bond acceptors (Lipinski definition) is 5. The van der Waals surface area contributed by atoms with Gasteiger partial charge in [-0.05, 0) is 24.3 Å². The van der Waals surface area contributed by atoms with Crippen LogP contribution in [0.15, 0.2) is 52.3 Å². The molecule has 9 heteroatoms. The Bertz CT molecular complexity index is 1000. The van der Waals surface area contributed by atoms with Crippen LogP contribution in [0, 0.1) is 0 Å². The van der Waals surface area contributed by atoms with E-state index in [0.29, 0.717) is 37.6 Å². The molecule has 2 aromatic rings. The van der Waals surface area contributed by atoms with Crippen molar-refractivity contribution in [3.8, 4) is 0 Å². The molecule has 27 heavy (non-hydrogen) atoms. The van der Waals surface area contributed by atoms with Crippen LogP contribution >= 0.6 is 11.8 Å². The van der Waals surface area contributed by atoms with Gasteiger partial charge >= 0.3 is 6.09 Å². The highest BCUT2D eigenvalue weighted by Gasteiger charge is 2.33. The number of nitrogens with zero attached hydrogens (tertiary/aromatic N) is 3. The van der Waals surface area contributed by atoms with E-state index in [-0.39, 0.29) is 0 Å². The summed E-state index contributed by atoms with van der Waals surface area (Å²) in [5.74, 6) is 0. The van der Waals surface area contributed by atoms with Crippen molar-refractivity contribution in [2.75, 3.05) is 42.2 Å². The lowest BCUT2D eigenvalue weighted by Crippen LogP contribution is -2.48. The highest BCUT2D eigenvalue weighted by Crippen LogP contribution is 2.51. The summed E-state index contributed by atoms with van der Waals surface area (Å²) < 4.78 is 25.0. The number of carbonyl (C=O) groups is 1. The minimum absolute atomic E-state index is 0.388. The van der Waals surface area contributed by atoms with E-state index in [9.17, 15) is 18.3 Å². The maximum Gasteiger partial charge on any atom is 0.416 e. The predicted octanol–water partition coefficient (Wildman–Crippen LogP) is 3.05. The molecule has 7 nitrogen and oxygen atoms in total. The number of sulfonamides is 1. The van der Waals surface area contributed by atoms with E-state index >= 15 is 0 Å². The molecule has 0 bridgehead atoms. The molecule has 1 fully saturated rings. The second kappa shape index (κ2) is 6.74. The zero-order chi connectivity index (χ0) is 19.2. The van der Waals surface area contributed by atoms with Crippen molar-refractivity contribution in [3.05, 3.63) is 42.5 Å². The monoisotopic (exact) mass is 405 g/mol. The summed E-state index contributed by atoms with van der Waals surface area (Å²) in [6, 6.07) is 13.2. The third-order valence-corrected chi connectivity index (χ3v) is 7.18. The van der Waals surface area contributed by atoms with Crippen LogP contribution < -0.4 is 9.80 Å². The van der Waals surface area contributed by atoms with Crippen LogP contribution in [-0.4, -0.2) is 56.4 Å². The molecule has 0 atom stereocenters. The lowest BCUT2D eigenvalue weighted by atomic mass is 10.1. The number of benzene rings is 2. The minimum Gasteiger partial charge on any atom is -0.464 e. The van der Waals surface area contributed by atoms with Crippen LogP contribution in [0.1, 0.15) is 0 Å². The zero-order valence-electron chi connectivity index (χ0n) is 14.7. The summed E-state index contributed by atoms with van der Waals surface area (Å²) in [5.41, 5.74) is 2.09. The van der Waals surface area contributed by atoms with Gasteiger partial charge in [-0.3, -0.25) is 0 Å². The van der Waals surface area contributed by atoms with Crippen LogP contribution in [0.25, 0.3) is 0 Å². The van der Waals surface area contributed by atoms with Crippen molar-refractivity contribution in [2.45, 2.75) is 9.79 Å². The number of piperazine rings is 1. The largest absolute Gasteiger partial charge is 0.464 e. The van der Waals surface area contributed by atoms with Crippen molar-refractivity contribution in [2.24, 2.45) is 0 Å². The average Bonchev–Trinajstić information content (AvgIpc) is 2.64. The maximum atomic E-state index is 12.1. The number of anilines is 3. The first-order chi connectivity index (χ1) is 12.9. The first-order valence-corrected chi connectivity index (χ1v) is 11.2. The topological polar surface area (TPSA) is 81.2 Å². The van der Waals surface area contributed by atoms with E-state index in [1.165, 1.54) is 15.5 Å². The fourth-order valence-electron chi connectivity index (χ4n) is 3.50. The molecule has 0 aliphatic carbocycles. The van der Waals surface area contributed by atoms with Gasteiger partial charge in [0, 0.05) is 36.0 Å². The van der Waals surface area contributed by atoms with Gasteiger partial charge in [-0.15, -0.1) is 0 Å². The fraction of sp³-hybridized carbons (Fsp3) is 0.278. The van der Waals surface area contributed by atoms with Crippen molar-refractivity contribution in [3.63, 3.8) is 0 Å². The lowest BCUT2D eigenvalue weighted by Gasteiger charge is -2.38. The Hall–Kier alpha value is -2.23. The van der Waals surface area contributed by atoms with E-state index in [1.807, 2.05) is 36.4 Å². The molecule has 0 unspecified atom stereocenters. The number of fused-ring (bicyclic) bond motifs is 2. The van der Waals surface area contributed by atoms with E-state index < -0.39 is 16.1 Å². The molecule has 2 aliphatic heterocycles. The molecule has 4 rings (SSSR count). The number of para-hydroxylation sites is 2. The lowest BCUT2D eigenvalue weighted by molar-refractivity contribution is 0.204. The quantitative estimate of drug-likeness (QED) is 0.827. The number of hydrogen-bond donors (Lipinski definition) is 1. The molecule has 1 N–H and O–H groups in total. The van der Waals surface area contributed by atoms with Crippen molar-refractivity contribution >= 4 is 44.9 Å². The number of carboxylic acid groups (broad SMARTS) is 1. The summed E-state index contributed by atoms with van der Waals surface area (Å²) in [6.45, 7) is 1.81. The van der Waals surface area contributed by atoms with Gasteiger partial charge < -0.3 is 10.0 Å². The first-order valence-electron chi connectivity index (χ1n) is 8.49. The van der Waals surface area contributed by atoms with Gasteiger partial charge in [0.25, 0.3) is 0 Å². The third-order valence-electron chi connectivity index (χ3n) is 4.77. The van der Waals surface area contributed by atoms with E-state index in [4.69, 9.17) is 0 Å². The van der Waals surface area contributed by atoms with Gasteiger partial charge in [-0.1, -0.05) is 30.0 Å². The predicted molar refractivity (Wildman–Crippen MR) is 106 cm³/mol. The van der Waals surface area contributed by atoms with Crippen LogP contribution in [0.5, 0.6) is 0 Å². The standard InChI is InChI=1S/C18H19N3O4S2/c1-27(24,25)20-11-9-19(10-12-20)14-6-4-8-16-17(14)21(18(22)23)13-5-2-3-7-15(13)26-16/h2-8H,9-12H2,1H3,(H,22,23). The van der Waals surface area contributed by atoms with Gasteiger partial charge in [0.05, 0.1) is 23.3 Å². The normalized spacial score (nSPS) is 17.4. The van der Waals surface area contributed by atoms with E-state index in [1.54, 1.807) is 17.8 Å². The first kappa shape index (κ1) is 18.1. The number of rotatable bonds is 2. The van der Waals surface area contributed by atoms with Crippen LogP contribution in [0.3, 0.4) is 0 Å². The van der Waals surface area contributed by atoms with Gasteiger partial charge in [-0.25, -0.2) is 18.1 Å². The minimum atomic E-state index is -3.22. The molecule has 1 amide bonds. The molecule has 0 aromatic heterocycles. The second-order valence-corrected chi connectivity index (χ2v) is 9.53. The Morgan fingerprint density at radius 1 is 0.963 bits per heavy atom. The molecular formula is C18H19N3O4S2. The smallest absolute Gasteiger partial charge is 0.416 e. The molecule has 1 saturated heterocycles. The Morgan fingerprint density at radius 2 is 1.59 bits per heavy atom. The van der Waals surface area contributed by atoms with Crippen LogP contribution in [0.2, 0.25) is 0 Å². The van der Waals surface area contributed by atoms with E-state index in [0.717, 1.165) is 15.5 Å². The summed E-state index contributed by atoms with van der Waals surface area (Å²) in [6.07, 6.45) is 0.179. The molecule has 0 saturated carbocycles. The molecule has 2 aromatic carbocycles. The van der Waals surface area contributed by atoms with Crippen molar-refractivity contribution < 1.29 is 18.3 Å². The molecule has 142 valence electrons. The van der Waals surface area contributed by atoms with Crippen molar-refractivity contribution in [1.82, 2.24) is 4.31 Å². The van der Waals surface area contributed by atoms with Gasteiger partial charge in [0.15, 0.2) is 0 Å². The maximum absolute atomic E-state index is 12.1. The molecule has 2 heterocycles. The van der Waals surface area contributed by atoms with Crippen LogP contribution in [0.4, 0.5) is 21.9 Å².